The van der Waals surface area contributed by atoms with Crippen molar-refractivity contribution in [1.82, 2.24) is 0 Å². The molecule has 3 atom stereocenters. The molecule has 0 aromatic heterocycles. The molecule has 0 radical (unpaired) electrons. The van der Waals surface area contributed by atoms with Crippen LogP contribution in [0, 0.1) is 0 Å². The van der Waals surface area contributed by atoms with E-state index in [1.54, 1.807) is 6.08 Å². The standard InChI is InChI=1S/C46H78NO9P/c1-6-8-10-12-14-15-16-17-18-19-20-21-22-23-25-29-34-38-46(50)56-44(42-55-57(51,52)54-40-39-47(3,4)5)41-53-45(49)37-33-30-26-28-32-36-43(48)35-31-27-24-13-11-9-7-2/h9,11,14-15,17-18,20-21,23-25,27,31,35,43-44,48H,6-8,10,12-13,16,19,22,26,28-30,32-34,36-42H2,1-5H3/p+1/b11-9+,15-14-,18-17-,21-20-,25-23-,27-24+,35-31+/t43?,44-/m1/s1. The van der Waals surface area contributed by atoms with E-state index in [0.29, 0.717) is 36.7 Å². The molecule has 0 aromatic carbocycles. The summed E-state index contributed by atoms with van der Waals surface area (Å²) in [6.45, 7) is 4.06. The lowest BCUT2D eigenvalue weighted by Gasteiger charge is -2.24. The molecule has 2 unspecified atom stereocenters. The van der Waals surface area contributed by atoms with Crippen LogP contribution in [0.25, 0.3) is 0 Å². The molecule has 0 spiro atoms. The topological polar surface area (TPSA) is 129 Å². The quantitative estimate of drug-likeness (QED) is 0.0157. The molecular formula is C46H79NO9P+. The Bertz CT molecular complexity index is 1260. The molecule has 0 aromatic rings. The van der Waals surface area contributed by atoms with Crippen LogP contribution >= 0.6 is 7.82 Å². The van der Waals surface area contributed by atoms with Crippen LogP contribution < -0.4 is 0 Å². The number of phosphoric acid groups is 1. The van der Waals surface area contributed by atoms with E-state index < -0.39 is 38.6 Å². The maximum Gasteiger partial charge on any atom is 0.472 e. The number of esters is 2. The van der Waals surface area contributed by atoms with Gasteiger partial charge in [-0.2, -0.15) is 0 Å². The van der Waals surface area contributed by atoms with Crippen molar-refractivity contribution >= 4 is 19.8 Å². The van der Waals surface area contributed by atoms with Crippen molar-refractivity contribution in [3.8, 4) is 0 Å². The van der Waals surface area contributed by atoms with Gasteiger partial charge in [-0.15, -0.1) is 0 Å². The highest BCUT2D eigenvalue weighted by Crippen LogP contribution is 2.43. The predicted molar refractivity (Wildman–Crippen MR) is 235 cm³/mol. The highest BCUT2D eigenvalue weighted by Gasteiger charge is 2.27. The number of phosphoric ester groups is 1. The van der Waals surface area contributed by atoms with Crippen LogP contribution in [0.3, 0.4) is 0 Å². The van der Waals surface area contributed by atoms with Crippen molar-refractivity contribution in [2.45, 2.75) is 148 Å². The van der Waals surface area contributed by atoms with Crippen LogP contribution in [0.15, 0.2) is 85.1 Å². The maximum absolute atomic E-state index is 12.7. The van der Waals surface area contributed by atoms with Gasteiger partial charge in [0.2, 0.25) is 0 Å². The number of aliphatic hydroxyl groups is 1. The number of allylic oxidation sites excluding steroid dienone is 13. The van der Waals surface area contributed by atoms with E-state index >= 15 is 0 Å². The van der Waals surface area contributed by atoms with E-state index in [9.17, 15) is 24.2 Å². The van der Waals surface area contributed by atoms with Gasteiger partial charge in [0.1, 0.15) is 19.8 Å². The van der Waals surface area contributed by atoms with Crippen molar-refractivity contribution < 1.29 is 47.2 Å². The normalized spacial score (nSPS) is 15.0. The lowest BCUT2D eigenvalue weighted by molar-refractivity contribution is -0.870. The zero-order chi connectivity index (χ0) is 42.3. The summed E-state index contributed by atoms with van der Waals surface area (Å²) in [5, 5.41) is 10.1. The average molecular weight is 821 g/mol. The van der Waals surface area contributed by atoms with Crippen molar-refractivity contribution in [3.63, 3.8) is 0 Å². The van der Waals surface area contributed by atoms with Gasteiger partial charge in [0.25, 0.3) is 0 Å². The molecule has 326 valence electrons. The molecule has 0 bridgehead atoms. The van der Waals surface area contributed by atoms with Crippen LogP contribution in [0.4, 0.5) is 0 Å². The van der Waals surface area contributed by atoms with Gasteiger partial charge in [-0.1, -0.05) is 137 Å². The first-order chi connectivity index (χ1) is 27.4. The second-order valence-electron chi connectivity index (χ2n) is 15.2. The van der Waals surface area contributed by atoms with Gasteiger partial charge in [-0.25, -0.2) is 4.57 Å². The Morgan fingerprint density at radius 3 is 1.88 bits per heavy atom. The minimum absolute atomic E-state index is 0.000847. The second-order valence-corrected chi connectivity index (χ2v) is 16.6. The monoisotopic (exact) mass is 821 g/mol. The van der Waals surface area contributed by atoms with Gasteiger partial charge in [-0.3, -0.25) is 18.6 Å². The largest absolute Gasteiger partial charge is 0.472 e. The van der Waals surface area contributed by atoms with E-state index in [4.69, 9.17) is 18.5 Å². The van der Waals surface area contributed by atoms with Gasteiger partial charge >= 0.3 is 19.8 Å². The molecule has 0 saturated heterocycles. The summed E-state index contributed by atoms with van der Waals surface area (Å²) in [6.07, 6.45) is 43.7. The number of carbonyl (C=O) groups excluding carboxylic acids is 2. The van der Waals surface area contributed by atoms with Crippen molar-refractivity contribution in [2.75, 3.05) is 47.5 Å². The number of likely N-dealkylation sites (N-methyl/N-ethyl adjacent to an activating group) is 1. The van der Waals surface area contributed by atoms with E-state index in [1.165, 1.54) is 19.3 Å². The molecule has 2 N–H and O–H groups in total. The fraction of sp³-hybridized carbons (Fsp3) is 0.652. The van der Waals surface area contributed by atoms with Crippen molar-refractivity contribution in [3.05, 3.63) is 85.1 Å². The van der Waals surface area contributed by atoms with Crippen LogP contribution in [0.1, 0.15) is 136 Å². The first-order valence-electron chi connectivity index (χ1n) is 21.4. The lowest BCUT2D eigenvalue weighted by atomic mass is 10.1. The summed E-state index contributed by atoms with van der Waals surface area (Å²) in [6, 6.07) is 0. The number of quaternary nitrogens is 1. The third-order valence-corrected chi connectivity index (χ3v) is 9.50. The minimum Gasteiger partial charge on any atom is -0.462 e. The number of ether oxygens (including phenoxy) is 2. The molecule has 0 fully saturated rings. The molecule has 11 heteroatoms. The highest BCUT2D eigenvalue weighted by atomic mass is 31.2. The highest BCUT2D eigenvalue weighted by molar-refractivity contribution is 7.47. The third kappa shape index (κ3) is 41.1. The zero-order valence-electron chi connectivity index (χ0n) is 36.1. The summed E-state index contributed by atoms with van der Waals surface area (Å²) in [5.74, 6) is -0.951. The van der Waals surface area contributed by atoms with E-state index in [-0.39, 0.29) is 26.1 Å². The van der Waals surface area contributed by atoms with Crippen LogP contribution in [0.2, 0.25) is 0 Å². The Morgan fingerprint density at radius 1 is 0.649 bits per heavy atom. The van der Waals surface area contributed by atoms with Crippen LogP contribution in [0.5, 0.6) is 0 Å². The number of hydrogen-bond acceptors (Lipinski definition) is 8. The number of unbranched alkanes of at least 4 members (excludes halogenated alkanes) is 8. The fourth-order valence-corrected chi connectivity index (χ4v) is 5.87. The van der Waals surface area contributed by atoms with Gasteiger partial charge in [0.05, 0.1) is 33.9 Å². The van der Waals surface area contributed by atoms with Gasteiger partial charge in [-0.05, 0) is 70.6 Å². The fourth-order valence-electron chi connectivity index (χ4n) is 5.13. The lowest BCUT2D eigenvalue weighted by Crippen LogP contribution is -2.37. The molecule has 0 heterocycles. The number of carbonyl (C=O) groups is 2. The summed E-state index contributed by atoms with van der Waals surface area (Å²) in [7, 11) is 1.37. The SMILES string of the molecule is CC/C=C/C/C=C/C=C/C(O)CCCCCCCC(=O)OC[C@H](COP(=O)(O)OCC[N+](C)(C)C)OC(=O)CCC/C=C\C/C=C\C/C=C\C/C=C\CCCCC. The number of aliphatic hydroxyl groups excluding tert-OH is 1. The van der Waals surface area contributed by atoms with Gasteiger partial charge in [0, 0.05) is 12.8 Å². The molecule has 57 heavy (non-hydrogen) atoms. The Balaban J connectivity index is 4.58. The molecule has 0 aliphatic rings. The van der Waals surface area contributed by atoms with E-state index in [2.05, 4.69) is 74.6 Å². The molecular weight excluding hydrogens is 741 g/mol. The molecule has 0 amide bonds. The van der Waals surface area contributed by atoms with Crippen LogP contribution in [-0.4, -0.2) is 86.1 Å². The smallest absolute Gasteiger partial charge is 0.462 e. The summed E-state index contributed by atoms with van der Waals surface area (Å²) >= 11 is 0. The molecule has 10 nitrogen and oxygen atoms in total. The van der Waals surface area contributed by atoms with E-state index in [0.717, 1.165) is 64.2 Å². The van der Waals surface area contributed by atoms with Crippen molar-refractivity contribution in [1.29, 1.82) is 0 Å². The van der Waals surface area contributed by atoms with Gasteiger partial charge < -0.3 is 24.0 Å². The van der Waals surface area contributed by atoms with Gasteiger partial charge in [0.15, 0.2) is 6.10 Å². The Labute approximate surface area is 346 Å². The second kappa shape index (κ2) is 37.4. The minimum atomic E-state index is -4.42. The number of nitrogens with zero attached hydrogens (tertiary/aromatic N) is 1. The Kier molecular flexibility index (Phi) is 35.6. The first-order valence-corrected chi connectivity index (χ1v) is 22.9. The molecule has 0 saturated carbocycles. The molecule has 0 rings (SSSR count). The van der Waals surface area contributed by atoms with Crippen molar-refractivity contribution in [2.24, 2.45) is 0 Å². The Morgan fingerprint density at radius 2 is 1.23 bits per heavy atom. The maximum atomic E-state index is 12.7. The molecule has 0 aliphatic carbocycles. The first kappa shape index (κ1) is 54.2. The summed E-state index contributed by atoms with van der Waals surface area (Å²) < 4.78 is 34.1. The predicted octanol–water partition coefficient (Wildman–Crippen LogP) is 11.0. The van der Waals surface area contributed by atoms with E-state index in [1.807, 2.05) is 39.4 Å². The summed E-state index contributed by atoms with van der Waals surface area (Å²) in [5.41, 5.74) is 0. The zero-order valence-corrected chi connectivity index (χ0v) is 37.0. The summed E-state index contributed by atoms with van der Waals surface area (Å²) in [4.78, 5) is 35.3. The Hall–Kier alpha value is -2.85. The van der Waals surface area contributed by atoms with Crippen LogP contribution in [-0.2, 0) is 32.7 Å². The number of hydrogen-bond donors (Lipinski definition) is 2. The average Bonchev–Trinajstić information content (AvgIpc) is 3.15. The third-order valence-electron chi connectivity index (χ3n) is 8.51. The molecule has 0 aliphatic heterocycles. The number of rotatable bonds is 37.